The molecule has 276 valence electrons. The van der Waals surface area contributed by atoms with Gasteiger partial charge < -0.3 is 28.9 Å². The van der Waals surface area contributed by atoms with Crippen LogP contribution in [0.3, 0.4) is 0 Å². The average Bonchev–Trinajstić information content (AvgIpc) is 3.16. The lowest BCUT2D eigenvalue weighted by molar-refractivity contribution is 0.0195. The summed E-state index contributed by atoms with van der Waals surface area (Å²) in [5, 5.41) is 3.68. The van der Waals surface area contributed by atoms with E-state index in [4.69, 9.17) is 35.2 Å². The number of hydrogen-bond acceptors (Lipinski definition) is 9. The summed E-state index contributed by atoms with van der Waals surface area (Å²) in [6.07, 6.45) is 2.90. The van der Waals surface area contributed by atoms with E-state index in [-0.39, 0.29) is 11.1 Å². The minimum atomic E-state index is -2.24. The zero-order valence-corrected chi connectivity index (χ0v) is 33.9. The number of fused-ring (bicyclic) bond motifs is 1. The van der Waals surface area contributed by atoms with Crippen LogP contribution in [-0.2, 0) is 20.3 Å². The summed E-state index contributed by atoms with van der Waals surface area (Å²) in [6.45, 7) is 25.2. The van der Waals surface area contributed by atoms with Crippen molar-refractivity contribution in [2.75, 3.05) is 37.0 Å². The summed E-state index contributed by atoms with van der Waals surface area (Å²) >= 11 is 7.29. The number of carbonyl (C=O) groups excluding carboxylic acids is 2. The van der Waals surface area contributed by atoms with E-state index in [1.54, 1.807) is 18.0 Å². The van der Waals surface area contributed by atoms with Gasteiger partial charge in [0, 0.05) is 37.5 Å². The van der Waals surface area contributed by atoms with Crippen molar-refractivity contribution in [2.24, 2.45) is 0 Å². The molecular weight excluding hydrogens is 674 g/mol. The van der Waals surface area contributed by atoms with Gasteiger partial charge in [-0.25, -0.2) is 19.6 Å². The topological polar surface area (TPSA) is 115 Å². The van der Waals surface area contributed by atoms with Crippen molar-refractivity contribution >= 4 is 55.0 Å². The molecule has 0 saturated heterocycles. The number of pyridine rings is 2. The molecular formula is C37H56ClN5O6Si. The zero-order chi connectivity index (χ0) is 37.4. The highest BCUT2D eigenvalue weighted by atomic mass is 35.5. The molecule has 0 radical (unpaired) electrons. The third kappa shape index (κ3) is 9.91. The van der Waals surface area contributed by atoms with Gasteiger partial charge in [0.25, 0.3) is 0 Å². The second kappa shape index (κ2) is 14.7. The maximum Gasteiger partial charge on any atom is 0.414 e. The fourth-order valence-electron chi connectivity index (χ4n) is 5.46. The number of rotatable bonds is 6. The molecule has 0 fully saturated rings. The molecule has 2 aliphatic heterocycles. The SMILES string of the molecule is Cc1cc(N(C)C(=O)OC(C)(C)C)cc(Nc2nc3c(c(C4=CCN(C(=O)OC(C)(C)C)C[C@H](O[Si](C)(C)C(C)(C)C)C4)c2Cl)OCCC3)n1. The van der Waals surface area contributed by atoms with Crippen LogP contribution in [-0.4, -0.2) is 79.4 Å². The molecule has 11 nitrogen and oxygen atoms in total. The Morgan fingerprint density at radius 3 is 2.32 bits per heavy atom. The van der Waals surface area contributed by atoms with E-state index in [9.17, 15) is 9.59 Å². The predicted molar refractivity (Wildman–Crippen MR) is 202 cm³/mol. The number of aromatic nitrogens is 2. The van der Waals surface area contributed by atoms with Gasteiger partial charge in [0.2, 0.25) is 0 Å². The molecule has 50 heavy (non-hydrogen) atoms. The molecule has 0 spiro atoms. The van der Waals surface area contributed by atoms with E-state index in [2.05, 4.69) is 44.2 Å². The van der Waals surface area contributed by atoms with Gasteiger partial charge in [-0.2, -0.15) is 0 Å². The first-order valence-corrected chi connectivity index (χ1v) is 20.7. The molecule has 0 bridgehead atoms. The summed E-state index contributed by atoms with van der Waals surface area (Å²) in [5.41, 5.74) is 2.44. The summed E-state index contributed by atoms with van der Waals surface area (Å²) in [5.74, 6) is 1.54. The Kier molecular flexibility index (Phi) is 11.6. The van der Waals surface area contributed by atoms with Gasteiger partial charge in [-0.15, -0.1) is 0 Å². The van der Waals surface area contributed by atoms with E-state index in [1.807, 2.05) is 60.6 Å². The lowest BCUT2D eigenvalue weighted by Crippen LogP contribution is -2.48. The Morgan fingerprint density at radius 1 is 1.04 bits per heavy atom. The summed E-state index contributed by atoms with van der Waals surface area (Å²) in [6, 6.07) is 3.57. The predicted octanol–water partition coefficient (Wildman–Crippen LogP) is 9.29. The number of nitrogens with zero attached hydrogens (tertiary/aromatic N) is 4. The van der Waals surface area contributed by atoms with Crippen LogP contribution in [0.1, 0.15) is 92.1 Å². The third-order valence-corrected chi connectivity index (χ3v) is 13.8. The number of aryl methyl sites for hydroxylation is 2. The van der Waals surface area contributed by atoms with E-state index < -0.39 is 31.7 Å². The van der Waals surface area contributed by atoms with Crippen LogP contribution in [0.5, 0.6) is 5.75 Å². The fraction of sp³-hybridized carbons (Fsp3) is 0.622. The number of amides is 2. The molecule has 1 N–H and O–H groups in total. The van der Waals surface area contributed by atoms with Crippen LogP contribution in [0.4, 0.5) is 26.9 Å². The molecule has 2 aromatic rings. The second-order valence-electron chi connectivity index (χ2n) is 16.7. The maximum absolute atomic E-state index is 13.4. The lowest BCUT2D eigenvalue weighted by Gasteiger charge is -2.40. The molecule has 13 heteroatoms. The quantitative estimate of drug-likeness (QED) is 0.291. The standard InChI is InChI=1S/C37H56ClN5O6Si/c1-23-19-25(42(11)33(44)47-35(2,3)4)21-28(39-23)41-32-30(38)29(31-27(40-32)15-14-18-46-31)24-16-17-43(34(45)48-36(5,6)7)22-26(20-24)49-50(12,13)37(8,9)10/h16,19,21,26H,14-15,17-18,20,22H2,1-13H3,(H,39,40,41)/t26-/m1/s1. The molecule has 2 aromatic heterocycles. The Balaban J connectivity index is 1.77. The highest BCUT2D eigenvalue weighted by molar-refractivity contribution is 6.74. The van der Waals surface area contributed by atoms with Crippen molar-refractivity contribution in [3.05, 3.63) is 40.2 Å². The summed E-state index contributed by atoms with van der Waals surface area (Å²) < 4.78 is 24.6. The van der Waals surface area contributed by atoms with Gasteiger partial charge >= 0.3 is 12.2 Å². The number of carbonyl (C=O) groups is 2. The third-order valence-electron chi connectivity index (χ3n) is 8.88. The molecule has 4 rings (SSSR count). The Bertz CT molecular complexity index is 1630. The Hall–Kier alpha value is -3.35. The van der Waals surface area contributed by atoms with E-state index in [1.165, 1.54) is 4.90 Å². The van der Waals surface area contributed by atoms with Crippen LogP contribution in [0.2, 0.25) is 23.2 Å². The van der Waals surface area contributed by atoms with Gasteiger partial charge in [-0.1, -0.05) is 38.4 Å². The molecule has 0 unspecified atom stereocenters. The van der Waals surface area contributed by atoms with Crippen molar-refractivity contribution in [2.45, 2.75) is 124 Å². The van der Waals surface area contributed by atoms with Gasteiger partial charge in [-0.3, -0.25) is 4.90 Å². The molecule has 4 heterocycles. The minimum absolute atomic E-state index is 0.0369. The molecule has 0 aromatic carbocycles. The smallest absolute Gasteiger partial charge is 0.414 e. The zero-order valence-electron chi connectivity index (χ0n) is 32.2. The van der Waals surface area contributed by atoms with Crippen molar-refractivity contribution in [1.29, 1.82) is 0 Å². The van der Waals surface area contributed by atoms with E-state index in [0.717, 1.165) is 23.3 Å². The number of ether oxygens (including phenoxy) is 3. The molecule has 0 saturated carbocycles. The Morgan fingerprint density at radius 2 is 1.70 bits per heavy atom. The second-order valence-corrected chi connectivity index (χ2v) is 21.8. The average molecular weight is 730 g/mol. The van der Waals surface area contributed by atoms with Crippen LogP contribution in [0.15, 0.2) is 18.2 Å². The summed E-state index contributed by atoms with van der Waals surface area (Å²) in [4.78, 5) is 39.0. The lowest BCUT2D eigenvalue weighted by atomic mass is 9.97. The first-order valence-electron chi connectivity index (χ1n) is 17.4. The number of anilines is 3. The van der Waals surface area contributed by atoms with Crippen molar-refractivity contribution in [3.8, 4) is 5.75 Å². The van der Waals surface area contributed by atoms with Gasteiger partial charge in [-0.05, 0) is 97.5 Å². The van der Waals surface area contributed by atoms with Crippen LogP contribution < -0.4 is 15.0 Å². The Labute approximate surface area is 304 Å². The van der Waals surface area contributed by atoms with Crippen molar-refractivity contribution in [3.63, 3.8) is 0 Å². The van der Waals surface area contributed by atoms with Gasteiger partial charge in [0.1, 0.15) is 22.8 Å². The highest BCUT2D eigenvalue weighted by Crippen LogP contribution is 2.45. The van der Waals surface area contributed by atoms with Crippen LogP contribution >= 0.6 is 11.6 Å². The molecule has 2 amide bonds. The minimum Gasteiger partial charge on any atom is -0.491 e. The van der Waals surface area contributed by atoms with Crippen LogP contribution in [0.25, 0.3) is 5.57 Å². The van der Waals surface area contributed by atoms with E-state index >= 15 is 0 Å². The van der Waals surface area contributed by atoms with Gasteiger partial charge in [0.05, 0.1) is 29.1 Å². The maximum atomic E-state index is 13.4. The molecule has 2 aliphatic rings. The first-order chi connectivity index (χ1) is 22.9. The van der Waals surface area contributed by atoms with Crippen molar-refractivity contribution < 1.29 is 28.2 Å². The first kappa shape index (κ1) is 39.4. The summed E-state index contributed by atoms with van der Waals surface area (Å²) in [7, 11) is -0.582. The molecule has 0 aliphatic carbocycles. The normalized spacial score (nSPS) is 17.2. The number of nitrogens with one attached hydrogen (secondary N) is 1. The number of halogens is 1. The number of hydrogen-bond donors (Lipinski definition) is 1. The largest absolute Gasteiger partial charge is 0.491 e. The van der Waals surface area contributed by atoms with E-state index in [0.29, 0.717) is 66.3 Å². The monoisotopic (exact) mass is 729 g/mol. The highest BCUT2D eigenvalue weighted by Gasteiger charge is 2.41. The fourth-order valence-corrected chi connectivity index (χ4v) is 7.10. The molecule has 1 atom stereocenters. The van der Waals surface area contributed by atoms with Crippen molar-refractivity contribution in [1.82, 2.24) is 14.9 Å². The van der Waals surface area contributed by atoms with Gasteiger partial charge in [0.15, 0.2) is 14.1 Å². The van der Waals surface area contributed by atoms with Crippen LogP contribution in [0, 0.1) is 6.92 Å².